The summed E-state index contributed by atoms with van der Waals surface area (Å²) in [6.45, 7) is 0. The highest BCUT2D eigenvalue weighted by molar-refractivity contribution is 8.16. The van der Waals surface area contributed by atoms with E-state index in [-0.39, 0.29) is 22.4 Å². The number of carbonyl (C=O) groups is 1. The predicted molar refractivity (Wildman–Crippen MR) is 68.7 cm³/mol. The van der Waals surface area contributed by atoms with Crippen molar-refractivity contribution in [3.05, 3.63) is 27.6 Å². The second-order valence-corrected chi connectivity index (χ2v) is 4.51. The fraction of sp³-hybridized carbons (Fsp3) is 0.0909. The van der Waals surface area contributed by atoms with E-state index in [1.54, 1.807) is 18.2 Å². The first-order valence-electron chi connectivity index (χ1n) is 4.63. The molecule has 0 spiro atoms. The summed E-state index contributed by atoms with van der Waals surface area (Å²) in [4.78, 5) is 15.4. The number of aliphatic imine (C=N–C) groups is 1. The number of hydrogen-bond acceptors (Lipinski definition) is 4. The molecule has 17 heavy (non-hydrogen) atoms. The van der Waals surface area contributed by atoms with Gasteiger partial charge < -0.3 is 9.84 Å². The van der Waals surface area contributed by atoms with Gasteiger partial charge in [0, 0.05) is 0 Å². The molecule has 1 aromatic carbocycles. The summed E-state index contributed by atoms with van der Waals surface area (Å²) in [5, 5.41) is 9.73. The fourth-order valence-corrected chi connectivity index (χ4v) is 2.16. The summed E-state index contributed by atoms with van der Waals surface area (Å²) in [5.41, 5.74) is 2.15. The Morgan fingerprint density at radius 1 is 1.53 bits per heavy atom. The third kappa shape index (κ3) is 2.45. The van der Waals surface area contributed by atoms with Gasteiger partial charge in [0.05, 0.1) is 22.6 Å². The van der Waals surface area contributed by atoms with Gasteiger partial charge in [-0.1, -0.05) is 23.4 Å². The monoisotopic (exact) mass is 269 g/mol. The minimum Gasteiger partial charge on any atom is -0.503 e. The zero-order valence-electron chi connectivity index (χ0n) is 8.81. The fourth-order valence-electron chi connectivity index (χ4n) is 1.32. The number of thioether (sulfide) groups is 1. The van der Waals surface area contributed by atoms with E-state index in [1.807, 2.05) is 0 Å². The van der Waals surface area contributed by atoms with Crippen LogP contribution in [-0.4, -0.2) is 23.7 Å². The number of halogens is 1. The number of methoxy groups -OCH3 is 1. The molecule has 1 aliphatic heterocycles. The van der Waals surface area contributed by atoms with Gasteiger partial charge in [-0.15, -0.1) is 0 Å². The summed E-state index contributed by atoms with van der Waals surface area (Å²) in [7, 11) is 1.43. The van der Waals surface area contributed by atoms with Gasteiger partial charge in [-0.05, 0) is 23.8 Å². The second kappa shape index (κ2) is 4.81. The summed E-state index contributed by atoms with van der Waals surface area (Å²) in [6.07, 6.45) is 1.65. The van der Waals surface area contributed by atoms with Gasteiger partial charge in [0.25, 0.3) is 5.91 Å². The maximum Gasteiger partial charge on any atom is 0.284 e. The number of ether oxygens (including phenoxy) is 1. The van der Waals surface area contributed by atoms with E-state index in [9.17, 15) is 9.90 Å². The van der Waals surface area contributed by atoms with Crippen molar-refractivity contribution in [1.82, 2.24) is 0 Å². The van der Waals surface area contributed by atoms with Crippen molar-refractivity contribution in [1.29, 1.82) is 0 Å². The molecule has 2 rings (SSSR count). The van der Waals surface area contributed by atoms with Crippen molar-refractivity contribution in [2.45, 2.75) is 0 Å². The Kier molecular flexibility index (Phi) is 3.40. The van der Waals surface area contributed by atoms with E-state index in [1.165, 1.54) is 24.4 Å². The van der Waals surface area contributed by atoms with E-state index in [2.05, 4.69) is 4.99 Å². The summed E-state index contributed by atoms with van der Waals surface area (Å²) >= 11 is 7.08. The molecule has 0 aliphatic carbocycles. The van der Waals surface area contributed by atoms with Crippen molar-refractivity contribution in [2.75, 3.05) is 7.11 Å². The number of benzene rings is 1. The Bertz CT molecular complexity index is 540. The van der Waals surface area contributed by atoms with Crippen LogP contribution in [0.3, 0.4) is 0 Å². The molecule has 4 nitrogen and oxygen atoms in total. The third-order valence-corrected chi connectivity index (χ3v) is 3.17. The van der Waals surface area contributed by atoms with E-state index >= 15 is 0 Å². The minimum absolute atomic E-state index is 0.113. The van der Waals surface area contributed by atoms with Crippen molar-refractivity contribution in [3.8, 4) is 11.5 Å². The van der Waals surface area contributed by atoms with Gasteiger partial charge in [-0.2, -0.15) is 0 Å². The van der Waals surface area contributed by atoms with Crippen LogP contribution in [0.25, 0.3) is 6.08 Å². The third-order valence-electron chi connectivity index (χ3n) is 2.13. The topological polar surface area (TPSA) is 58.9 Å². The lowest BCUT2D eigenvalue weighted by Crippen LogP contribution is -1.89. The molecule has 6 heteroatoms. The Balaban J connectivity index is 2.40. The number of phenolic OH excluding ortho intramolecular Hbond substituents is 1. The minimum atomic E-state index is -0.279. The number of aromatic hydroxyl groups is 1. The SMILES string of the molecule is COc1cc(C=C2SC=NC2=O)cc(Cl)c1O. The number of amides is 1. The summed E-state index contributed by atoms with van der Waals surface area (Å²) < 4.78 is 4.97. The molecule has 0 saturated carbocycles. The summed E-state index contributed by atoms with van der Waals surface area (Å²) in [5.74, 6) is -0.128. The highest BCUT2D eigenvalue weighted by atomic mass is 35.5. The van der Waals surface area contributed by atoms with E-state index in [4.69, 9.17) is 16.3 Å². The van der Waals surface area contributed by atoms with Crippen molar-refractivity contribution >= 4 is 40.9 Å². The first-order valence-corrected chi connectivity index (χ1v) is 5.89. The van der Waals surface area contributed by atoms with Crippen LogP contribution < -0.4 is 4.74 Å². The molecule has 0 aromatic heterocycles. The standard InChI is InChI=1S/C11H8ClNO3S/c1-16-8-3-6(2-7(12)10(8)14)4-9-11(15)13-5-17-9/h2-5,14H,1H3. The Labute approximate surface area is 107 Å². The smallest absolute Gasteiger partial charge is 0.284 e. The molecule has 0 unspecified atom stereocenters. The van der Waals surface area contributed by atoms with E-state index in [0.29, 0.717) is 10.5 Å². The van der Waals surface area contributed by atoms with Crippen molar-refractivity contribution in [2.24, 2.45) is 4.99 Å². The van der Waals surface area contributed by atoms with Gasteiger partial charge in [0.15, 0.2) is 11.5 Å². The van der Waals surface area contributed by atoms with Gasteiger partial charge in [-0.25, -0.2) is 4.99 Å². The molecule has 88 valence electrons. The van der Waals surface area contributed by atoms with Crippen LogP contribution in [0.5, 0.6) is 11.5 Å². The molecular formula is C11H8ClNO3S. The second-order valence-electron chi connectivity index (χ2n) is 3.22. The maximum atomic E-state index is 11.3. The molecule has 1 aromatic rings. The maximum absolute atomic E-state index is 11.3. The number of hydrogen-bond donors (Lipinski definition) is 1. The molecular weight excluding hydrogens is 262 g/mol. The van der Waals surface area contributed by atoms with Crippen LogP contribution in [0, 0.1) is 0 Å². The van der Waals surface area contributed by atoms with E-state index in [0.717, 1.165) is 0 Å². The molecule has 1 amide bonds. The first kappa shape index (κ1) is 12.0. The lowest BCUT2D eigenvalue weighted by atomic mass is 10.2. The molecule has 0 saturated heterocycles. The van der Waals surface area contributed by atoms with Gasteiger partial charge in [-0.3, -0.25) is 4.79 Å². The number of carbonyl (C=O) groups excluding carboxylic acids is 1. The number of phenols is 1. The normalized spacial score (nSPS) is 16.8. The van der Waals surface area contributed by atoms with Crippen LogP contribution in [0.2, 0.25) is 5.02 Å². The highest BCUT2D eigenvalue weighted by Crippen LogP contribution is 2.36. The molecule has 0 fully saturated rings. The Morgan fingerprint density at radius 3 is 2.88 bits per heavy atom. The zero-order valence-corrected chi connectivity index (χ0v) is 10.4. The first-order chi connectivity index (χ1) is 8.11. The van der Waals surface area contributed by atoms with Gasteiger partial charge >= 0.3 is 0 Å². The van der Waals surface area contributed by atoms with E-state index < -0.39 is 0 Å². The van der Waals surface area contributed by atoms with Crippen LogP contribution in [-0.2, 0) is 4.79 Å². The highest BCUT2D eigenvalue weighted by Gasteiger charge is 2.15. The zero-order chi connectivity index (χ0) is 12.4. The predicted octanol–water partition coefficient (Wildman–Crippen LogP) is 2.70. The quantitative estimate of drug-likeness (QED) is 0.839. The Morgan fingerprint density at radius 2 is 2.29 bits per heavy atom. The average molecular weight is 270 g/mol. The van der Waals surface area contributed by atoms with Crippen LogP contribution in [0.15, 0.2) is 22.0 Å². The Hall–Kier alpha value is -1.46. The van der Waals surface area contributed by atoms with Crippen LogP contribution >= 0.6 is 23.4 Å². The summed E-state index contributed by atoms with van der Waals surface area (Å²) in [6, 6.07) is 3.15. The molecule has 1 N–H and O–H groups in total. The lowest BCUT2D eigenvalue weighted by molar-refractivity contribution is -0.113. The lowest BCUT2D eigenvalue weighted by Gasteiger charge is -2.06. The average Bonchev–Trinajstić information content (AvgIpc) is 2.69. The largest absolute Gasteiger partial charge is 0.503 e. The van der Waals surface area contributed by atoms with Crippen LogP contribution in [0.1, 0.15) is 5.56 Å². The molecule has 0 radical (unpaired) electrons. The van der Waals surface area contributed by atoms with Gasteiger partial charge in [0.1, 0.15) is 0 Å². The van der Waals surface area contributed by atoms with Gasteiger partial charge in [0.2, 0.25) is 0 Å². The molecule has 0 bridgehead atoms. The van der Waals surface area contributed by atoms with Crippen molar-refractivity contribution in [3.63, 3.8) is 0 Å². The molecule has 0 atom stereocenters. The number of rotatable bonds is 2. The molecule has 1 aliphatic rings. The molecule has 1 heterocycles. The number of nitrogens with zero attached hydrogens (tertiary/aromatic N) is 1. The van der Waals surface area contributed by atoms with Crippen molar-refractivity contribution < 1.29 is 14.6 Å². The van der Waals surface area contributed by atoms with Crippen LogP contribution in [0.4, 0.5) is 0 Å².